The summed E-state index contributed by atoms with van der Waals surface area (Å²) in [7, 11) is 0. The van der Waals surface area contributed by atoms with E-state index in [0.717, 1.165) is 36.0 Å². The van der Waals surface area contributed by atoms with E-state index < -0.39 is 11.3 Å². The highest BCUT2D eigenvalue weighted by Gasteiger charge is 2.57. The minimum atomic E-state index is -2.51. The Balaban J connectivity index is 1.15. The molecule has 1 aromatic carbocycles. The van der Waals surface area contributed by atoms with Crippen LogP contribution in [0.2, 0.25) is 0 Å². The van der Waals surface area contributed by atoms with Crippen molar-refractivity contribution in [1.29, 1.82) is 5.26 Å². The average Bonchev–Trinajstić information content (AvgIpc) is 3.86. The first-order valence-corrected chi connectivity index (χ1v) is 14.6. The Labute approximate surface area is 240 Å². The molecule has 3 unspecified atom stereocenters. The van der Waals surface area contributed by atoms with Crippen LogP contribution in [0.1, 0.15) is 56.6 Å². The van der Waals surface area contributed by atoms with Crippen molar-refractivity contribution < 1.29 is 18.3 Å². The third kappa shape index (κ3) is 6.57. The first kappa shape index (κ1) is 29.1. The number of carbonyl (C=O) groups excluding carboxylic acids is 1. The van der Waals surface area contributed by atoms with Crippen LogP contribution in [0.3, 0.4) is 0 Å². The molecule has 220 valence electrons. The fourth-order valence-electron chi connectivity index (χ4n) is 6.05. The molecule has 5 rings (SSSR count). The zero-order chi connectivity index (χ0) is 29.2. The van der Waals surface area contributed by atoms with Crippen LogP contribution in [0.5, 0.6) is 0 Å². The van der Waals surface area contributed by atoms with E-state index in [1.165, 1.54) is 0 Å². The Bertz CT molecular complexity index is 1280. The van der Waals surface area contributed by atoms with E-state index in [1.807, 2.05) is 37.4 Å². The molecule has 0 spiro atoms. The highest BCUT2D eigenvalue weighted by atomic mass is 19.3. The molecule has 3 atom stereocenters. The number of nitrogens with two attached hydrogens (primary N) is 2. The minimum Gasteiger partial charge on any atom is -0.390 e. The minimum absolute atomic E-state index is 0.0113. The summed E-state index contributed by atoms with van der Waals surface area (Å²) in [5.74, 6) is -2.06. The van der Waals surface area contributed by atoms with Crippen LogP contribution in [-0.4, -0.2) is 48.7 Å². The van der Waals surface area contributed by atoms with Gasteiger partial charge in [0, 0.05) is 56.9 Å². The monoisotopic (exact) mass is 566 g/mol. The predicted octanol–water partition coefficient (Wildman–Crippen LogP) is 3.72. The lowest BCUT2D eigenvalue weighted by atomic mass is 9.81. The van der Waals surface area contributed by atoms with Crippen LogP contribution >= 0.6 is 0 Å². The number of rotatable bonds is 13. The third-order valence-electron chi connectivity index (χ3n) is 8.56. The number of epoxide rings is 1. The van der Waals surface area contributed by atoms with Crippen LogP contribution in [-0.2, 0) is 16.0 Å². The number of halogens is 2. The molecule has 0 bridgehead atoms. The molecule has 2 aliphatic carbocycles. The van der Waals surface area contributed by atoms with Crippen LogP contribution < -0.4 is 22.1 Å². The van der Waals surface area contributed by atoms with Gasteiger partial charge in [0.05, 0.1) is 6.07 Å². The van der Waals surface area contributed by atoms with E-state index in [-0.39, 0.29) is 42.9 Å². The highest BCUT2D eigenvalue weighted by molar-refractivity contribution is 5.90. The molecule has 2 aliphatic heterocycles. The van der Waals surface area contributed by atoms with E-state index in [9.17, 15) is 18.8 Å². The maximum atomic E-state index is 13.3. The summed E-state index contributed by atoms with van der Waals surface area (Å²) in [4.78, 5) is 15.0. The number of nitrogens with one attached hydrogen (secondary N) is 2. The molecule has 0 aromatic heterocycles. The Hall–Kier alpha value is -3.42. The standard InChI is InChI=1S/C31H40F2N6O2/c1-2-4-25(39-10-9-30(19-35,29(39)40)24-7-8-24)13-27(36)38-28-26(41-28)12-20-5-3-6-22(11-20)23(16-34)18-37-17-21-14-31(32,33)15-21/h3-6,11,13,18,21,24,26,28,37-38H,2,7-10,12,14-17,34,36H2,1H3/b23-18+,25-4+,27-13+. The highest BCUT2D eigenvalue weighted by Crippen LogP contribution is 2.52. The van der Waals surface area contributed by atoms with Crippen molar-refractivity contribution >= 4 is 11.5 Å². The fourth-order valence-corrected chi connectivity index (χ4v) is 6.05. The molecule has 1 aromatic rings. The van der Waals surface area contributed by atoms with Crippen molar-refractivity contribution in [2.24, 2.45) is 28.7 Å². The van der Waals surface area contributed by atoms with Gasteiger partial charge in [-0.1, -0.05) is 37.3 Å². The van der Waals surface area contributed by atoms with Gasteiger partial charge in [-0.05, 0) is 54.2 Å². The van der Waals surface area contributed by atoms with Gasteiger partial charge in [-0.25, -0.2) is 8.78 Å². The van der Waals surface area contributed by atoms with Crippen LogP contribution in [0.25, 0.3) is 5.57 Å². The number of nitrogens with zero attached hydrogens (tertiary/aromatic N) is 2. The third-order valence-corrected chi connectivity index (χ3v) is 8.56. The lowest BCUT2D eigenvalue weighted by Gasteiger charge is -2.34. The molecule has 2 saturated carbocycles. The number of ether oxygens (including phenoxy) is 1. The molecular formula is C31H40F2N6O2. The lowest BCUT2D eigenvalue weighted by Crippen LogP contribution is -2.40. The van der Waals surface area contributed by atoms with Gasteiger partial charge in [-0.3, -0.25) is 4.79 Å². The summed E-state index contributed by atoms with van der Waals surface area (Å²) in [6, 6.07) is 10.4. The molecule has 10 heteroatoms. The van der Waals surface area contributed by atoms with Gasteiger partial charge >= 0.3 is 0 Å². The average molecular weight is 567 g/mol. The molecule has 8 nitrogen and oxygen atoms in total. The van der Waals surface area contributed by atoms with E-state index in [0.29, 0.717) is 44.0 Å². The van der Waals surface area contributed by atoms with Crippen LogP contribution in [0.15, 0.2) is 54.1 Å². The Morgan fingerprint density at radius 2 is 2.10 bits per heavy atom. The number of allylic oxidation sites excluding steroid dienone is 2. The number of alkyl halides is 2. The summed E-state index contributed by atoms with van der Waals surface area (Å²) in [5, 5.41) is 16.2. The Kier molecular flexibility index (Phi) is 8.39. The lowest BCUT2D eigenvalue weighted by molar-refractivity contribution is -0.132. The van der Waals surface area contributed by atoms with Gasteiger partial charge in [-0.15, -0.1) is 0 Å². The van der Waals surface area contributed by atoms with Gasteiger partial charge in [0.2, 0.25) is 11.8 Å². The number of hydrogen-bond acceptors (Lipinski definition) is 7. The normalized spacial score (nSPS) is 28.3. The molecule has 6 N–H and O–H groups in total. The van der Waals surface area contributed by atoms with Crippen LogP contribution in [0.4, 0.5) is 8.78 Å². The summed E-state index contributed by atoms with van der Waals surface area (Å²) < 4.78 is 32.0. The number of carbonyl (C=O) groups is 1. The van der Waals surface area contributed by atoms with E-state index >= 15 is 0 Å². The second-order valence-electron chi connectivity index (χ2n) is 11.8. The van der Waals surface area contributed by atoms with Crippen molar-refractivity contribution in [2.75, 3.05) is 19.6 Å². The van der Waals surface area contributed by atoms with E-state index in [2.05, 4.69) is 22.8 Å². The zero-order valence-corrected chi connectivity index (χ0v) is 23.5. The topological polar surface area (TPSA) is 133 Å². The molecule has 4 fully saturated rings. The summed E-state index contributed by atoms with van der Waals surface area (Å²) in [6.07, 6.45) is 8.96. The number of nitriles is 1. The number of amides is 1. The van der Waals surface area contributed by atoms with Gasteiger partial charge in [0.1, 0.15) is 17.3 Å². The maximum absolute atomic E-state index is 13.3. The molecule has 0 radical (unpaired) electrons. The first-order valence-electron chi connectivity index (χ1n) is 14.6. The molecule has 2 heterocycles. The predicted molar refractivity (Wildman–Crippen MR) is 152 cm³/mol. The number of likely N-dealkylation sites (tertiary alicyclic amines) is 1. The first-order chi connectivity index (χ1) is 19.7. The Morgan fingerprint density at radius 3 is 2.76 bits per heavy atom. The van der Waals surface area contributed by atoms with Crippen molar-refractivity contribution in [2.45, 2.75) is 70.1 Å². The molecule has 41 heavy (non-hydrogen) atoms. The second-order valence-corrected chi connectivity index (χ2v) is 11.8. The molecule has 2 saturated heterocycles. The Morgan fingerprint density at radius 1 is 1.32 bits per heavy atom. The van der Waals surface area contributed by atoms with E-state index in [1.54, 1.807) is 11.0 Å². The van der Waals surface area contributed by atoms with Crippen molar-refractivity contribution in [3.05, 3.63) is 65.3 Å². The van der Waals surface area contributed by atoms with Gasteiger partial charge in [0.15, 0.2) is 6.23 Å². The maximum Gasteiger partial charge on any atom is 0.248 e. The molecule has 1 amide bonds. The summed E-state index contributed by atoms with van der Waals surface area (Å²) in [5.41, 5.74) is 15.1. The van der Waals surface area contributed by atoms with Crippen molar-refractivity contribution in [1.82, 2.24) is 15.5 Å². The second kappa shape index (κ2) is 11.8. The fraction of sp³-hybridized carbons (Fsp3) is 0.548. The molecule has 4 aliphatic rings. The smallest absolute Gasteiger partial charge is 0.248 e. The number of hydrogen-bond donors (Lipinski definition) is 4. The quantitative estimate of drug-likeness (QED) is 0.211. The summed E-state index contributed by atoms with van der Waals surface area (Å²) in [6.45, 7) is 3.36. The van der Waals surface area contributed by atoms with Gasteiger partial charge in [0.25, 0.3) is 0 Å². The van der Waals surface area contributed by atoms with Crippen molar-refractivity contribution in [3.63, 3.8) is 0 Å². The largest absolute Gasteiger partial charge is 0.390 e. The zero-order valence-electron chi connectivity index (χ0n) is 23.5. The number of benzene rings is 1. The van der Waals surface area contributed by atoms with E-state index in [4.69, 9.17) is 16.2 Å². The van der Waals surface area contributed by atoms with Crippen molar-refractivity contribution in [3.8, 4) is 6.07 Å². The SMILES string of the molecule is CC/C=C(\C=C(/N)NC1OC1Cc1cccc(/C(=C/NCC2CC(F)(F)C2)CN)c1)N1CCC(C#N)(C2CC2)C1=O. The molecular weight excluding hydrogens is 526 g/mol. The summed E-state index contributed by atoms with van der Waals surface area (Å²) >= 11 is 0. The van der Waals surface area contributed by atoms with Gasteiger partial charge in [-0.2, -0.15) is 5.26 Å². The van der Waals surface area contributed by atoms with Crippen LogP contribution in [0, 0.1) is 28.6 Å². The van der Waals surface area contributed by atoms with Gasteiger partial charge < -0.3 is 31.7 Å².